The molecule has 0 aliphatic heterocycles. The Balaban J connectivity index is 3.13. The largest absolute Gasteiger partial charge is 0.506 e. The van der Waals surface area contributed by atoms with Crippen LogP contribution in [0.5, 0.6) is 5.75 Å². The molecule has 0 unspecified atom stereocenters. The topological polar surface area (TPSA) is 37.3 Å². The fourth-order valence-corrected chi connectivity index (χ4v) is 1.59. The maximum absolute atomic E-state index is 10.9. The third-order valence-electron chi connectivity index (χ3n) is 2.05. The van der Waals surface area contributed by atoms with Crippen LogP contribution in [0.3, 0.4) is 0 Å². The molecular formula is C11H13ClO2. The normalized spacial score (nSPS) is 10.2. The predicted octanol–water partition coefficient (Wildman–Crippen LogP) is 2.74. The van der Waals surface area contributed by atoms with Crippen LogP contribution in [0.1, 0.15) is 25.0 Å². The zero-order valence-corrected chi connectivity index (χ0v) is 9.06. The van der Waals surface area contributed by atoms with Crippen LogP contribution in [-0.2, 0) is 17.6 Å². The minimum Gasteiger partial charge on any atom is -0.506 e. The quantitative estimate of drug-likeness (QED) is 0.837. The number of carbonyl (C=O) groups is 1. The first-order valence-electron chi connectivity index (χ1n) is 4.54. The Hall–Kier alpha value is -1.02. The summed E-state index contributed by atoms with van der Waals surface area (Å²) >= 11 is 5.82. The van der Waals surface area contributed by atoms with Crippen LogP contribution in [0.2, 0.25) is 5.02 Å². The lowest BCUT2D eigenvalue weighted by atomic mass is 10.0. The second kappa shape index (κ2) is 4.47. The minimum atomic E-state index is 0.0182. The van der Waals surface area contributed by atoms with Crippen molar-refractivity contribution in [3.63, 3.8) is 0 Å². The molecule has 0 fully saturated rings. The van der Waals surface area contributed by atoms with Gasteiger partial charge in [0, 0.05) is 12.0 Å². The van der Waals surface area contributed by atoms with E-state index >= 15 is 0 Å². The van der Waals surface area contributed by atoms with E-state index in [1.807, 2.05) is 13.0 Å². The number of phenols is 1. The van der Waals surface area contributed by atoms with Crippen LogP contribution in [0.25, 0.3) is 0 Å². The molecule has 14 heavy (non-hydrogen) atoms. The van der Waals surface area contributed by atoms with Gasteiger partial charge in [-0.1, -0.05) is 24.6 Å². The van der Waals surface area contributed by atoms with Gasteiger partial charge in [0.05, 0.1) is 5.02 Å². The van der Waals surface area contributed by atoms with E-state index in [9.17, 15) is 9.90 Å². The number of halogens is 1. The summed E-state index contributed by atoms with van der Waals surface area (Å²) < 4.78 is 0. The van der Waals surface area contributed by atoms with E-state index in [0.29, 0.717) is 10.6 Å². The molecule has 0 saturated carbocycles. The van der Waals surface area contributed by atoms with Gasteiger partial charge in [0.2, 0.25) is 0 Å². The average Bonchev–Trinajstić information content (AvgIpc) is 2.11. The van der Waals surface area contributed by atoms with Crippen molar-refractivity contribution in [3.8, 4) is 5.75 Å². The Morgan fingerprint density at radius 2 is 2.14 bits per heavy atom. The lowest BCUT2D eigenvalue weighted by molar-refractivity contribution is -0.116. The third-order valence-corrected chi connectivity index (χ3v) is 2.34. The van der Waals surface area contributed by atoms with Crippen molar-refractivity contribution in [1.82, 2.24) is 0 Å². The molecule has 0 bridgehead atoms. The van der Waals surface area contributed by atoms with Gasteiger partial charge in [-0.05, 0) is 25.0 Å². The molecule has 0 heterocycles. The molecule has 0 saturated heterocycles. The number of rotatable bonds is 3. The van der Waals surface area contributed by atoms with E-state index < -0.39 is 0 Å². The first-order valence-corrected chi connectivity index (χ1v) is 4.92. The molecule has 1 rings (SSSR count). The smallest absolute Gasteiger partial charge is 0.137 e. The minimum absolute atomic E-state index is 0.0182. The van der Waals surface area contributed by atoms with Gasteiger partial charge in [0.1, 0.15) is 11.5 Å². The van der Waals surface area contributed by atoms with Crippen molar-refractivity contribution in [3.05, 3.63) is 28.3 Å². The standard InChI is InChI=1S/C11H13ClO2/c1-3-8-5-9(4-7(2)13)11(14)10(12)6-8/h5-6,14H,3-4H2,1-2H3. The van der Waals surface area contributed by atoms with Gasteiger partial charge in [-0.15, -0.1) is 0 Å². The van der Waals surface area contributed by atoms with Gasteiger partial charge in [0.25, 0.3) is 0 Å². The fourth-order valence-electron chi connectivity index (χ4n) is 1.33. The van der Waals surface area contributed by atoms with Crippen molar-refractivity contribution in [2.24, 2.45) is 0 Å². The van der Waals surface area contributed by atoms with Gasteiger partial charge in [-0.3, -0.25) is 4.79 Å². The van der Waals surface area contributed by atoms with Gasteiger partial charge < -0.3 is 5.11 Å². The Labute approximate surface area is 88.5 Å². The van der Waals surface area contributed by atoms with Crippen LogP contribution < -0.4 is 0 Å². The molecule has 76 valence electrons. The van der Waals surface area contributed by atoms with Crippen LogP contribution >= 0.6 is 11.6 Å². The molecule has 1 N–H and O–H groups in total. The number of aryl methyl sites for hydroxylation is 1. The molecule has 0 amide bonds. The molecule has 2 nitrogen and oxygen atoms in total. The number of hydrogen-bond acceptors (Lipinski definition) is 2. The Morgan fingerprint density at radius 3 is 2.64 bits per heavy atom. The zero-order chi connectivity index (χ0) is 10.7. The van der Waals surface area contributed by atoms with Crippen molar-refractivity contribution in [1.29, 1.82) is 0 Å². The van der Waals surface area contributed by atoms with Crippen molar-refractivity contribution >= 4 is 17.4 Å². The SMILES string of the molecule is CCc1cc(Cl)c(O)c(CC(C)=O)c1. The maximum atomic E-state index is 10.9. The van der Waals surface area contributed by atoms with Crippen molar-refractivity contribution < 1.29 is 9.90 Å². The number of carbonyl (C=O) groups excluding carboxylic acids is 1. The highest BCUT2D eigenvalue weighted by atomic mass is 35.5. The maximum Gasteiger partial charge on any atom is 0.137 e. The highest BCUT2D eigenvalue weighted by Gasteiger charge is 2.09. The van der Waals surface area contributed by atoms with E-state index in [0.717, 1.165) is 12.0 Å². The summed E-state index contributed by atoms with van der Waals surface area (Å²) in [5.41, 5.74) is 1.64. The van der Waals surface area contributed by atoms with Crippen LogP contribution in [-0.4, -0.2) is 10.9 Å². The van der Waals surface area contributed by atoms with E-state index in [1.165, 1.54) is 6.92 Å². The molecule has 0 aromatic heterocycles. The van der Waals surface area contributed by atoms with Gasteiger partial charge >= 0.3 is 0 Å². The van der Waals surface area contributed by atoms with Crippen LogP contribution in [0.15, 0.2) is 12.1 Å². The lowest BCUT2D eigenvalue weighted by Crippen LogP contribution is -1.98. The summed E-state index contributed by atoms with van der Waals surface area (Å²) in [5, 5.41) is 9.90. The summed E-state index contributed by atoms with van der Waals surface area (Å²) in [6.07, 6.45) is 1.07. The monoisotopic (exact) mass is 212 g/mol. The molecule has 0 radical (unpaired) electrons. The Bertz CT molecular complexity index is 359. The van der Waals surface area contributed by atoms with Crippen LogP contribution in [0, 0.1) is 0 Å². The molecule has 3 heteroatoms. The van der Waals surface area contributed by atoms with Gasteiger partial charge in [0.15, 0.2) is 0 Å². The molecule has 0 atom stereocenters. The van der Waals surface area contributed by atoms with Crippen molar-refractivity contribution in [2.45, 2.75) is 26.7 Å². The fraction of sp³-hybridized carbons (Fsp3) is 0.364. The number of hydrogen-bond donors (Lipinski definition) is 1. The van der Waals surface area contributed by atoms with E-state index in [4.69, 9.17) is 11.6 Å². The highest BCUT2D eigenvalue weighted by Crippen LogP contribution is 2.29. The summed E-state index contributed by atoms with van der Waals surface area (Å²) in [6.45, 7) is 3.49. The number of Topliss-reactive ketones (excluding diaryl/α,β-unsaturated/α-hetero) is 1. The summed E-state index contributed by atoms with van der Waals surface area (Å²) in [6, 6.07) is 3.54. The third kappa shape index (κ3) is 2.48. The first-order chi connectivity index (χ1) is 6.54. The Morgan fingerprint density at radius 1 is 1.50 bits per heavy atom. The molecule has 0 spiro atoms. The summed E-state index contributed by atoms with van der Waals surface area (Å²) in [7, 11) is 0. The predicted molar refractivity (Wildman–Crippen MR) is 56.9 cm³/mol. The Kier molecular flexibility index (Phi) is 3.53. The molecular weight excluding hydrogens is 200 g/mol. The van der Waals surface area contributed by atoms with E-state index in [2.05, 4.69) is 0 Å². The second-order valence-electron chi connectivity index (χ2n) is 3.32. The molecule has 1 aromatic carbocycles. The second-order valence-corrected chi connectivity index (χ2v) is 3.72. The first kappa shape index (κ1) is 11.1. The van der Waals surface area contributed by atoms with Gasteiger partial charge in [-0.2, -0.15) is 0 Å². The lowest BCUT2D eigenvalue weighted by Gasteiger charge is -2.07. The highest BCUT2D eigenvalue weighted by molar-refractivity contribution is 6.32. The van der Waals surface area contributed by atoms with Crippen molar-refractivity contribution in [2.75, 3.05) is 0 Å². The number of ketones is 1. The summed E-state index contributed by atoms with van der Waals surface area (Å²) in [5.74, 6) is 0.0451. The number of phenolic OH excluding ortho intramolecular Hbond substituents is 1. The summed E-state index contributed by atoms with van der Waals surface area (Å²) in [4.78, 5) is 10.9. The number of aromatic hydroxyl groups is 1. The number of benzene rings is 1. The van der Waals surface area contributed by atoms with E-state index in [-0.39, 0.29) is 18.0 Å². The van der Waals surface area contributed by atoms with Gasteiger partial charge in [-0.25, -0.2) is 0 Å². The van der Waals surface area contributed by atoms with Crippen LogP contribution in [0.4, 0.5) is 0 Å². The van der Waals surface area contributed by atoms with E-state index in [1.54, 1.807) is 6.07 Å². The molecule has 1 aromatic rings. The average molecular weight is 213 g/mol. The molecule has 0 aliphatic carbocycles. The zero-order valence-electron chi connectivity index (χ0n) is 8.30. The molecule has 0 aliphatic rings.